The number of nitriles is 1. The fourth-order valence-electron chi connectivity index (χ4n) is 2.80. The largest absolute Gasteiger partial charge is 0.454 e. The van der Waals surface area contributed by atoms with Gasteiger partial charge in [-0.25, -0.2) is 4.79 Å². The summed E-state index contributed by atoms with van der Waals surface area (Å²) in [6, 6.07) is 9.97. The molecule has 0 atom stereocenters. The van der Waals surface area contributed by atoms with Gasteiger partial charge < -0.3 is 14.0 Å². The highest BCUT2D eigenvalue weighted by Gasteiger charge is 2.18. The van der Waals surface area contributed by atoms with Crippen LogP contribution < -0.4 is 0 Å². The molecule has 1 aromatic carbocycles. The zero-order valence-corrected chi connectivity index (χ0v) is 15.2. The van der Waals surface area contributed by atoms with Gasteiger partial charge in [0.15, 0.2) is 6.61 Å². The van der Waals surface area contributed by atoms with Crippen molar-refractivity contribution in [1.29, 1.82) is 5.26 Å². The Morgan fingerprint density at radius 3 is 2.69 bits per heavy atom. The monoisotopic (exact) mass is 354 g/mol. The van der Waals surface area contributed by atoms with Crippen LogP contribution in [-0.4, -0.2) is 36.6 Å². The highest BCUT2D eigenvalue weighted by Crippen LogP contribution is 2.17. The zero-order valence-electron chi connectivity index (χ0n) is 15.2. The molecule has 136 valence electrons. The molecule has 6 heteroatoms. The summed E-state index contributed by atoms with van der Waals surface area (Å²) in [6.45, 7) is 4.90. The summed E-state index contributed by atoms with van der Waals surface area (Å²) in [5.41, 5.74) is 3.01. The summed E-state index contributed by atoms with van der Waals surface area (Å²) in [6.07, 6.45) is 0.852. The van der Waals surface area contributed by atoms with Crippen LogP contribution in [0.5, 0.6) is 0 Å². The maximum atomic E-state index is 12.5. The van der Waals surface area contributed by atoms with Crippen LogP contribution in [0.4, 0.5) is 0 Å². The Bertz CT molecular complexity index is 846. The zero-order chi connectivity index (χ0) is 19.1. The second kappa shape index (κ2) is 8.97. The van der Waals surface area contributed by atoms with Gasteiger partial charge in [0.2, 0.25) is 5.78 Å². The molecule has 0 unspecified atom stereocenters. The molecular formula is C20H22N2O4. The highest BCUT2D eigenvalue weighted by atomic mass is 16.5. The van der Waals surface area contributed by atoms with Crippen LogP contribution in [0.1, 0.15) is 44.1 Å². The first-order chi connectivity index (χ1) is 12.5. The lowest BCUT2D eigenvalue weighted by atomic mass is 10.1. The molecule has 0 spiro atoms. The van der Waals surface area contributed by atoms with E-state index >= 15 is 0 Å². The van der Waals surface area contributed by atoms with Gasteiger partial charge in [-0.15, -0.1) is 0 Å². The Morgan fingerprint density at radius 2 is 2.00 bits per heavy atom. The normalized spacial score (nSPS) is 10.4. The summed E-state index contributed by atoms with van der Waals surface area (Å²) in [5.74, 6) is -0.870. The van der Waals surface area contributed by atoms with E-state index in [4.69, 9.17) is 14.7 Å². The van der Waals surface area contributed by atoms with E-state index in [0.29, 0.717) is 17.7 Å². The molecule has 0 aliphatic carbocycles. The van der Waals surface area contributed by atoms with Gasteiger partial charge in [-0.2, -0.15) is 5.26 Å². The van der Waals surface area contributed by atoms with Crippen molar-refractivity contribution in [2.45, 2.75) is 26.8 Å². The van der Waals surface area contributed by atoms with E-state index in [0.717, 1.165) is 24.4 Å². The molecule has 0 radical (unpaired) electrons. The maximum Gasteiger partial charge on any atom is 0.338 e. The van der Waals surface area contributed by atoms with Crippen molar-refractivity contribution in [3.63, 3.8) is 0 Å². The Balaban J connectivity index is 2.02. The van der Waals surface area contributed by atoms with Gasteiger partial charge in [-0.1, -0.05) is 6.07 Å². The van der Waals surface area contributed by atoms with Crippen molar-refractivity contribution in [1.82, 2.24) is 4.57 Å². The predicted molar refractivity (Wildman–Crippen MR) is 96.2 cm³/mol. The molecule has 1 aromatic heterocycles. The third-order valence-electron chi connectivity index (χ3n) is 4.17. The smallest absolute Gasteiger partial charge is 0.338 e. The first-order valence-corrected chi connectivity index (χ1v) is 8.34. The molecule has 26 heavy (non-hydrogen) atoms. The van der Waals surface area contributed by atoms with Gasteiger partial charge in [0.25, 0.3) is 0 Å². The molecule has 2 rings (SSSR count). The fraction of sp³-hybridized carbons (Fsp3) is 0.350. The first-order valence-electron chi connectivity index (χ1n) is 8.34. The lowest BCUT2D eigenvalue weighted by Crippen LogP contribution is -2.15. The van der Waals surface area contributed by atoms with Gasteiger partial charge in [0, 0.05) is 37.2 Å². The second-order valence-electron chi connectivity index (χ2n) is 5.97. The van der Waals surface area contributed by atoms with E-state index in [-0.39, 0.29) is 18.0 Å². The van der Waals surface area contributed by atoms with E-state index in [1.807, 2.05) is 26.0 Å². The molecule has 0 bridgehead atoms. The molecule has 0 saturated carbocycles. The number of rotatable bonds is 8. The number of ketones is 1. The summed E-state index contributed by atoms with van der Waals surface area (Å²) in [5, 5.41) is 8.88. The second-order valence-corrected chi connectivity index (χ2v) is 5.97. The number of Topliss-reactive ketones (excluding diaryl/α,β-unsaturated/α-hetero) is 1. The molecule has 6 nitrogen and oxygen atoms in total. The lowest BCUT2D eigenvalue weighted by molar-refractivity contribution is 0.0474. The molecule has 1 heterocycles. The molecule has 0 N–H and O–H groups in total. The molecule has 0 saturated heterocycles. The van der Waals surface area contributed by atoms with Crippen LogP contribution in [0.25, 0.3) is 0 Å². The Hall–Kier alpha value is -2.91. The van der Waals surface area contributed by atoms with Crippen LogP contribution in [0, 0.1) is 25.2 Å². The van der Waals surface area contributed by atoms with Crippen molar-refractivity contribution in [3.05, 3.63) is 58.4 Å². The third-order valence-corrected chi connectivity index (χ3v) is 4.17. The predicted octanol–water partition coefficient (Wildman–Crippen LogP) is 3.05. The summed E-state index contributed by atoms with van der Waals surface area (Å²) in [4.78, 5) is 24.5. The number of nitrogens with zero attached hydrogens (tertiary/aromatic N) is 2. The van der Waals surface area contributed by atoms with Gasteiger partial charge >= 0.3 is 5.97 Å². The Labute approximate surface area is 152 Å². The molecule has 0 aliphatic rings. The number of esters is 1. The molecule has 0 amide bonds. The average Bonchev–Trinajstić information content (AvgIpc) is 2.94. The molecule has 0 fully saturated rings. The average molecular weight is 354 g/mol. The fourth-order valence-corrected chi connectivity index (χ4v) is 2.80. The first kappa shape index (κ1) is 19.4. The summed E-state index contributed by atoms with van der Waals surface area (Å²) < 4.78 is 12.2. The number of carbonyl (C=O) groups excluding carboxylic acids is 2. The van der Waals surface area contributed by atoms with Crippen molar-refractivity contribution in [2.75, 3.05) is 20.3 Å². The number of aromatic nitrogens is 1. The van der Waals surface area contributed by atoms with Gasteiger partial charge in [-0.05, 0) is 44.5 Å². The van der Waals surface area contributed by atoms with Gasteiger partial charge in [-0.3, -0.25) is 4.79 Å². The lowest BCUT2D eigenvalue weighted by Gasteiger charge is -2.09. The van der Waals surface area contributed by atoms with Crippen LogP contribution >= 0.6 is 0 Å². The Kier molecular flexibility index (Phi) is 6.70. The molecule has 2 aromatic rings. The SMILES string of the molecule is COCCCn1c(C)cc(C(=O)COC(=O)c2cccc(C#N)c2)c1C. The summed E-state index contributed by atoms with van der Waals surface area (Å²) >= 11 is 0. The number of hydrogen-bond acceptors (Lipinski definition) is 5. The van der Waals surface area contributed by atoms with Crippen LogP contribution in [-0.2, 0) is 16.0 Å². The number of aryl methyl sites for hydroxylation is 1. The third kappa shape index (κ3) is 4.58. The minimum absolute atomic E-state index is 0.249. The quantitative estimate of drug-likeness (QED) is 0.413. The van der Waals surface area contributed by atoms with E-state index in [1.165, 1.54) is 6.07 Å². The van der Waals surface area contributed by atoms with Crippen molar-refractivity contribution in [2.24, 2.45) is 0 Å². The van der Waals surface area contributed by atoms with Gasteiger partial charge in [0.1, 0.15) is 0 Å². The van der Waals surface area contributed by atoms with Crippen LogP contribution in [0.15, 0.2) is 30.3 Å². The standard InChI is InChI=1S/C20H22N2O4/c1-14-10-18(15(2)22(14)8-5-9-25-3)19(23)13-26-20(24)17-7-4-6-16(11-17)12-21/h4,6-7,10-11H,5,8-9,13H2,1-3H3. The molecular weight excluding hydrogens is 332 g/mol. The number of benzene rings is 1. The Morgan fingerprint density at radius 1 is 1.23 bits per heavy atom. The minimum atomic E-state index is -0.621. The highest BCUT2D eigenvalue weighted by molar-refractivity contribution is 6.00. The van der Waals surface area contributed by atoms with Crippen LogP contribution in [0.3, 0.4) is 0 Å². The van der Waals surface area contributed by atoms with Crippen molar-refractivity contribution < 1.29 is 19.1 Å². The van der Waals surface area contributed by atoms with Crippen molar-refractivity contribution in [3.8, 4) is 6.07 Å². The number of carbonyl (C=O) groups is 2. The van der Waals surface area contributed by atoms with Crippen LogP contribution in [0.2, 0.25) is 0 Å². The number of hydrogen-bond donors (Lipinski definition) is 0. The van der Waals surface area contributed by atoms with E-state index < -0.39 is 5.97 Å². The topological polar surface area (TPSA) is 81.3 Å². The summed E-state index contributed by atoms with van der Waals surface area (Å²) in [7, 11) is 1.66. The van der Waals surface area contributed by atoms with Gasteiger partial charge in [0.05, 0.1) is 17.2 Å². The minimum Gasteiger partial charge on any atom is -0.454 e. The van der Waals surface area contributed by atoms with E-state index in [1.54, 1.807) is 25.3 Å². The number of methoxy groups -OCH3 is 1. The number of ether oxygens (including phenoxy) is 2. The van der Waals surface area contributed by atoms with E-state index in [9.17, 15) is 9.59 Å². The van der Waals surface area contributed by atoms with E-state index in [2.05, 4.69) is 4.57 Å². The van der Waals surface area contributed by atoms with Crippen molar-refractivity contribution >= 4 is 11.8 Å². The maximum absolute atomic E-state index is 12.5. The molecule has 0 aliphatic heterocycles.